The van der Waals surface area contributed by atoms with Gasteiger partial charge in [-0.25, -0.2) is 0 Å². The first-order chi connectivity index (χ1) is 28.9. The van der Waals surface area contributed by atoms with Gasteiger partial charge >= 0.3 is 0 Å². The van der Waals surface area contributed by atoms with Crippen molar-refractivity contribution in [2.75, 3.05) is 13.2 Å². The molecule has 0 aromatic heterocycles. The van der Waals surface area contributed by atoms with Gasteiger partial charge in [-0.3, -0.25) is 5.32 Å². The zero-order chi connectivity index (χ0) is 43.5. The number of allylic oxidation sites excluding steroid dienone is 1. The monoisotopic (exact) mass is 867 g/mol. The number of aliphatic hydroxyl groups excluding tert-OH is 8. The number of piperidine rings is 1. The van der Waals surface area contributed by atoms with Crippen LogP contribution in [-0.4, -0.2) is 164 Å². The van der Waals surface area contributed by atoms with Gasteiger partial charge in [0.2, 0.25) is 0 Å². The van der Waals surface area contributed by atoms with Crippen LogP contribution in [0.2, 0.25) is 0 Å². The highest BCUT2D eigenvalue weighted by atomic mass is 16.8. The van der Waals surface area contributed by atoms with Gasteiger partial charge in [0.1, 0.15) is 66.8 Å². The Balaban J connectivity index is 0.916. The third-order valence-corrected chi connectivity index (χ3v) is 17.9. The lowest BCUT2D eigenvalue weighted by molar-refractivity contribution is -0.388. The summed E-state index contributed by atoms with van der Waals surface area (Å²) in [5.74, 6) is 3.43. The smallest absolute Gasteiger partial charge is 0.187 e. The van der Waals surface area contributed by atoms with E-state index >= 15 is 0 Å². The van der Waals surface area contributed by atoms with E-state index in [1.165, 1.54) is 38.7 Å². The van der Waals surface area contributed by atoms with Crippen molar-refractivity contribution >= 4 is 0 Å². The van der Waals surface area contributed by atoms with Gasteiger partial charge in [-0.1, -0.05) is 39.3 Å². The zero-order valence-corrected chi connectivity index (χ0v) is 36.6. The van der Waals surface area contributed by atoms with E-state index in [9.17, 15) is 40.9 Å². The molecule has 9 aliphatic rings. The van der Waals surface area contributed by atoms with Crippen molar-refractivity contribution in [3.63, 3.8) is 0 Å². The predicted octanol–water partition coefficient (Wildman–Crippen LogP) is 0.815. The van der Waals surface area contributed by atoms with E-state index in [2.05, 4.69) is 39.1 Å². The lowest BCUT2D eigenvalue weighted by atomic mass is 9.47. The van der Waals surface area contributed by atoms with Crippen LogP contribution in [0.25, 0.3) is 0 Å². The summed E-state index contributed by atoms with van der Waals surface area (Å²) in [5.41, 5.74) is 1.41. The summed E-state index contributed by atoms with van der Waals surface area (Å²) < 4.78 is 43.7. The average molecular weight is 868 g/mol. The fraction of sp³-hybridized carbons (Fsp3) is 0.956. The summed E-state index contributed by atoms with van der Waals surface area (Å²) >= 11 is 0. The lowest BCUT2D eigenvalue weighted by Crippen LogP contribution is -2.66. The first-order valence-electron chi connectivity index (χ1n) is 23.3. The van der Waals surface area contributed by atoms with Crippen molar-refractivity contribution in [2.24, 2.45) is 46.3 Å². The topological polar surface area (TPSA) is 238 Å². The van der Waals surface area contributed by atoms with E-state index in [-0.39, 0.29) is 22.7 Å². The molecule has 0 amide bonds. The molecule has 9 rings (SSSR count). The maximum Gasteiger partial charge on any atom is 0.187 e. The summed E-state index contributed by atoms with van der Waals surface area (Å²) in [6.45, 7) is 13.2. The molecule has 61 heavy (non-hydrogen) atoms. The van der Waals surface area contributed by atoms with Crippen LogP contribution in [0.1, 0.15) is 99.3 Å². The molecule has 5 saturated heterocycles. The molecule has 16 heteroatoms. The van der Waals surface area contributed by atoms with Gasteiger partial charge in [-0.15, -0.1) is 0 Å². The van der Waals surface area contributed by atoms with Crippen molar-refractivity contribution in [3.05, 3.63) is 11.6 Å². The van der Waals surface area contributed by atoms with Crippen LogP contribution >= 0.6 is 0 Å². The first-order valence-corrected chi connectivity index (χ1v) is 23.3. The number of hydrogen-bond donors (Lipinski definition) is 9. The molecule has 9 N–H and O–H groups in total. The molecule has 5 heterocycles. The second kappa shape index (κ2) is 16.8. The van der Waals surface area contributed by atoms with Crippen LogP contribution in [0.15, 0.2) is 11.6 Å². The van der Waals surface area contributed by atoms with Crippen molar-refractivity contribution in [1.29, 1.82) is 0 Å². The number of ether oxygens (including phenoxy) is 7. The molecule has 0 radical (unpaired) electrons. The van der Waals surface area contributed by atoms with Crippen LogP contribution in [0.4, 0.5) is 0 Å². The highest BCUT2D eigenvalue weighted by Gasteiger charge is 2.68. The van der Waals surface area contributed by atoms with Gasteiger partial charge < -0.3 is 74.0 Å². The highest BCUT2D eigenvalue weighted by molar-refractivity contribution is 5.26. The van der Waals surface area contributed by atoms with Crippen LogP contribution in [-0.2, 0) is 33.2 Å². The Labute approximate surface area is 359 Å². The number of rotatable bonds is 7. The largest absolute Gasteiger partial charge is 0.394 e. The number of hydrogen-bond acceptors (Lipinski definition) is 16. The molecule has 1 spiro atoms. The SMILES string of the molecule is C[C@@H]1CC[C@@]2(NC1)O[C@H]1C[C@H]3[C@@H]4CC=C5C[C@@H](O[C@@H]6O[C@H](CO)[C@@H](O[C@@H]7O[C@@H](C)[C@H](O)[C@@H](O)[C@H]7O)[C@H](O)[C@H]6O[C@@H]6O[C@@H](C)[C@H](O)[C@@H](O)[C@H]6O)CC[C@]5(C)[C@H]4CC[C@]3(C)[C@H]1[C@@H]2C. The minimum atomic E-state index is -1.70. The molecular formula is C45H73NO15. The zero-order valence-electron chi connectivity index (χ0n) is 36.6. The Morgan fingerprint density at radius 2 is 1.36 bits per heavy atom. The molecule has 4 aliphatic carbocycles. The van der Waals surface area contributed by atoms with Gasteiger partial charge in [0.05, 0.1) is 31.0 Å². The van der Waals surface area contributed by atoms with Crippen LogP contribution in [0, 0.1) is 46.3 Å². The standard InChI is InChI=1S/C45H73NO15/c1-19-9-14-45(46-17-19)20(2)30-28(61-45)16-27-25-8-7-23-15-24(10-12-43(23,5)26(25)11-13-44(27,30)6)57-42-39(60-41-36(53)34(51)32(49)22(4)56-41)37(54)38(29(18-47)58-42)59-40-35(52)33(50)31(48)21(3)55-40/h7,19-22,24-42,46-54H,8-18H2,1-6H3/t19-,20+,21+,22+,24+,25-,26+,27+,28+,29-,30+,31+,32+,33-,34-,35-,36-,37+,38-,39-,40+,41+,42-,43+,44+,45-/m1/s1. The van der Waals surface area contributed by atoms with E-state index in [1.807, 2.05) is 0 Å². The van der Waals surface area contributed by atoms with E-state index < -0.39 is 98.7 Å². The normalized spacial score (nSPS) is 58.4. The molecule has 0 aromatic carbocycles. The molecule has 0 bridgehead atoms. The fourth-order valence-corrected chi connectivity index (χ4v) is 14.2. The van der Waals surface area contributed by atoms with Gasteiger partial charge in [-0.2, -0.15) is 0 Å². The quantitative estimate of drug-likeness (QED) is 0.161. The second-order valence-corrected chi connectivity index (χ2v) is 21.2. The minimum Gasteiger partial charge on any atom is -0.394 e. The highest BCUT2D eigenvalue weighted by Crippen LogP contribution is 2.70. The van der Waals surface area contributed by atoms with Crippen molar-refractivity contribution in [2.45, 2.75) is 209 Å². The molecule has 0 aromatic rings. The molecule has 16 nitrogen and oxygen atoms in total. The molecule has 5 aliphatic heterocycles. The Hall–Kier alpha value is -0.900. The van der Waals surface area contributed by atoms with Crippen LogP contribution < -0.4 is 5.32 Å². The van der Waals surface area contributed by atoms with E-state index in [4.69, 9.17) is 33.2 Å². The predicted molar refractivity (Wildman–Crippen MR) is 215 cm³/mol. The van der Waals surface area contributed by atoms with Crippen molar-refractivity contribution in [1.82, 2.24) is 5.32 Å². The minimum absolute atomic E-state index is 0.00472. The van der Waals surface area contributed by atoms with Crippen LogP contribution in [0.5, 0.6) is 0 Å². The first kappa shape index (κ1) is 45.3. The van der Waals surface area contributed by atoms with Gasteiger partial charge in [0.25, 0.3) is 0 Å². The fourth-order valence-electron chi connectivity index (χ4n) is 14.2. The molecule has 348 valence electrons. The molecule has 3 saturated carbocycles. The summed E-state index contributed by atoms with van der Waals surface area (Å²) in [7, 11) is 0. The summed E-state index contributed by atoms with van der Waals surface area (Å²) in [6.07, 6.45) is -9.93. The molecule has 26 atom stereocenters. The Kier molecular flexibility index (Phi) is 12.4. The van der Waals surface area contributed by atoms with Gasteiger partial charge in [-0.05, 0) is 112 Å². The summed E-state index contributed by atoms with van der Waals surface area (Å²) in [4.78, 5) is 0. The Morgan fingerprint density at radius 1 is 0.705 bits per heavy atom. The third-order valence-electron chi connectivity index (χ3n) is 17.9. The molecule has 8 fully saturated rings. The van der Waals surface area contributed by atoms with Crippen molar-refractivity contribution < 1.29 is 74.0 Å². The number of nitrogens with one attached hydrogen (secondary N) is 1. The number of fused-ring (bicyclic) bond motifs is 7. The second-order valence-electron chi connectivity index (χ2n) is 21.2. The maximum absolute atomic E-state index is 12.0. The van der Waals surface area contributed by atoms with Gasteiger partial charge in [0, 0.05) is 12.5 Å². The molecular weight excluding hydrogens is 794 g/mol. The average Bonchev–Trinajstić information content (AvgIpc) is 3.69. The van der Waals surface area contributed by atoms with Crippen LogP contribution in [0.3, 0.4) is 0 Å². The Morgan fingerprint density at radius 3 is 1.98 bits per heavy atom. The van der Waals surface area contributed by atoms with E-state index in [0.717, 1.165) is 32.2 Å². The van der Waals surface area contributed by atoms with Gasteiger partial charge in [0.15, 0.2) is 18.9 Å². The summed E-state index contributed by atoms with van der Waals surface area (Å²) in [5, 5.41) is 89.8. The lowest BCUT2D eigenvalue weighted by Gasteiger charge is -2.59. The van der Waals surface area contributed by atoms with Crippen molar-refractivity contribution in [3.8, 4) is 0 Å². The third kappa shape index (κ3) is 7.42. The molecule has 0 unspecified atom stereocenters. The number of aliphatic hydroxyl groups is 8. The van der Waals surface area contributed by atoms with E-state index in [0.29, 0.717) is 54.5 Å². The Bertz CT molecular complexity index is 1600. The maximum atomic E-state index is 12.0. The van der Waals surface area contributed by atoms with E-state index in [1.54, 1.807) is 0 Å². The summed E-state index contributed by atoms with van der Waals surface area (Å²) in [6, 6.07) is 0.